The summed E-state index contributed by atoms with van der Waals surface area (Å²) in [5.41, 5.74) is 11.8. The molecule has 206 valence electrons. The molecule has 4 aromatic rings. The first kappa shape index (κ1) is 29.2. The lowest BCUT2D eigenvalue weighted by Gasteiger charge is -2.33. The number of allylic oxidation sites excluding steroid dienone is 1. The molecule has 0 N–H and O–H groups in total. The van der Waals surface area contributed by atoms with Crippen molar-refractivity contribution >= 4 is 17.3 Å². The minimum atomic E-state index is 0.861. The van der Waals surface area contributed by atoms with Gasteiger partial charge in [0.25, 0.3) is 0 Å². The average Bonchev–Trinajstić information content (AvgIpc) is 2.98. The molecule has 0 aromatic heterocycles. The maximum Gasteiger partial charge on any atom is 0.0366 e. The Bertz CT molecular complexity index is 1370. The summed E-state index contributed by atoms with van der Waals surface area (Å²) >= 11 is 0. The zero-order chi connectivity index (χ0) is 28.3. The smallest absolute Gasteiger partial charge is 0.0366 e. The van der Waals surface area contributed by atoms with E-state index in [0.29, 0.717) is 0 Å². The number of nitrogens with zero attached hydrogens (tertiary/aromatic N) is 1. The van der Waals surface area contributed by atoms with E-state index in [1.54, 1.807) is 0 Å². The van der Waals surface area contributed by atoms with Gasteiger partial charge in [-0.3, -0.25) is 0 Å². The highest BCUT2D eigenvalue weighted by Gasteiger charge is 2.19. The molecule has 1 nitrogen and oxygen atoms in total. The van der Waals surface area contributed by atoms with Crippen molar-refractivity contribution in [3.63, 3.8) is 0 Å². The van der Waals surface area contributed by atoms with Gasteiger partial charge in [-0.2, -0.15) is 0 Å². The van der Waals surface area contributed by atoms with Gasteiger partial charge in [0.15, 0.2) is 0 Å². The highest BCUT2D eigenvalue weighted by molar-refractivity contribution is 5.61. The van der Waals surface area contributed by atoms with Gasteiger partial charge in [-0.1, -0.05) is 121 Å². The Morgan fingerprint density at radius 1 is 0.775 bits per heavy atom. The summed E-state index contributed by atoms with van der Waals surface area (Å²) in [6, 6.07) is 35.1. The molecular weight excluding hydrogens is 482 g/mol. The van der Waals surface area contributed by atoms with Gasteiger partial charge in [-0.15, -0.1) is 0 Å². The van der Waals surface area contributed by atoms with Gasteiger partial charge in [0.2, 0.25) is 0 Å². The van der Waals surface area contributed by atoms with Crippen LogP contribution in [0.4, 0.5) is 5.69 Å². The van der Waals surface area contributed by atoms with Crippen LogP contribution in [0, 0.1) is 19.8 Å². The Morgan fingerprint density at radius 2 is 1.40 bits per heavy atom. The van der Waals surface area contributed by atoms with E-state index in [1.165, 1.54) is 83.4 Å². The molecule has 5 rings (SSSR count). The summed E-state index contributed by atoms with van der Waals surface area (Å²) in [5, 5.41) is 0. The molecule has 1 heterocycles. The van der Waals surface area contributed by atoms with Crippen molar-refractivity contribution in [3.8, 4) is 0 Å². The molecule has 40 heavy (non-hydrogen) atoms. The monoisotopic (exact) mass is 527 g/mol. The van der Waals surface area contributed by atoms with Crippen LogP contribution < -0.4 is 4.90 Å². The lowest BCUT2D eigenvalue weighted by molar-refractivity contribution is 0.382. The van der Waals surface area contributed by atoms with Gasteiger partial charge in [-0.05, 0) is 98.7 Å². The summed E-state index contributed by atoms with van der Waals surface area (Å²) in [5.74, 6) is 0.861. The highest BCUT2D eigenvalue weighted by atomic mass is 15.1. The third kappa shape index (κ3) is 8.85. The van der Waals surface area contributed by atoms with E-state index in [9.17, 15) is 0 Å². The molecule has 1 saturated heterocycles. The van der Waals surface area contributed by atoms with E-state index in [4.69, 9.17) is 0 Å². The minimum absolute atomic E-state index is 0.861. The van der Waals surface area contributed by atoms with Crippen molar-refractivity contribution in [2.75, 3.05) is 18.0 Å². The molecule has 0 unspecified atom stereocenters. The molecule has 0 bridgehead atoms. The lowest BCUT2D eigenvalue weighted by atomic mass is 9.90. The van der Waals surface area contributed by atoms with Crippen LogP contribution in [0.1, 0.15) is 65.1 Å². The maximum atomic E-state index is 4.05. The molecular formula is C39H45N. The number of benzene rings is 4. The molecule has 0 atom stereocenters. The first-order chi connectivity index (χ1) is 19.4. The van der Waals surface area contributed by atoms with Gasteiger partial charge in [-0.25, -0.2) is 0 Å². The third-order valence-electron chi connectivity index (χ3n) is 7.99. The van der Waals surface area contributed by atoms with Crippen LogP contribution in [0.15, 0.2) is 110 Å². The van der Waals surface area contributed by atoms with Gasteiger partial charge in [0.1, 0.15) is 0 Å². The van der Waals surface area contributed by atoms with E-state index >= 15 is 0 Å². The van der Waals surface area contributed by atoms with Gasteiger partial charge >= 0.3 is 0 Å². The van der Waals surface area contributed by atoms with E-state index < -0.39 is 0 Å². The molecule has 1 heteroatoms. The van der Waals surface area contributed by atoms with Crippen molar-refractivity contribution in [2.24, 2.45) is 5.92 Å². The number of anilines is 1. The summed E-state index contributed by atoms with van der Waals surface area (Å²) < 4.78 is 0. The first-order valence-corrected chi connectivity index (χ1v) is 14.7. The minimum Gasteiger partial charge on any atom is -0.372 e. The molecule has 0 aliphatic carbocycles. The standard InChI is InChI=1S/C23H29N.C16H16/c1-18(2)22-6-4-5-21(17-22)10-9-20-13-15-24(16-14-20)23-11-7-19(3)8-12-23;1-3-14-5-4-6-16(11-14)12-15-9-7-13(2)8-10-15/h4-8,11-12,17,20H,1,9-10,13-16H2,2-3H3;3-11H,1,12H2,2H3. The quantitative estimate of drug-likeness (QED) is 0.220. The zero-order valence-corrected chi connectivity index (χ0v) is 24.7. The van der Waals surface area contributed by atoms with Crippen LogP contribution in [0.3, 0.4) is 0 Å². The normalized spacial score (nSPS) is 13.3. The van der Waals surface area contributed by atoms with Gasteiger partial charge in [0, 0.05) is 18.8 Å². The number of piperidine rings is 1. The molecule has 0 saturated carbocycles. The van der Waals surface area contributed by atoms with E-state index in [-0.39, 0.29) is 0 Å². The Kier molecular flexibility index (Phi) is 10.6. The number of aryl methyl sites for hydroxylation is 3. The molecule has 1 aliphatic heterocycles. The summed E-state index contributed by atoms with van der Waals surface area (Å²) in [4.78, 5) is 2.54. The van der Waals surface area contributed by atoms with E-state index in [2.05, 4.69) is 136 Å². The van der Waals surface area contributed by atoms with E-state index in [1.807, 2.05) is 6.08 Å². The summed E-state index contributed by atoms with van der Waals surface area (Å²) in [6.07, 6.45) is 8.00. The maximum absolute atomic E-state index is 4.05. The van der Waals surface area contributed by atoms with Crippen LogP contribution in [0.5, 0.6) is 0 Å². The molecule has 1 aliphatic rings. The fourth-order valence-corrected chi connectivity index (χ4v) is 5.37. The fourth-order valence-electron chi connectivity index (χ4n) is 5.37. The summed E-state index contributed by atoms with van der Waals surface area (Å²) in [7, 11) is 0. The summed E-state index contributed by atoms with van der Waals surface area (Å²) in [6.45, 7) is 16.6. The number of hydrogen-bond acceptors (Lipinski definition) is 1. The molecule has 1 fully saturated rings. The Labute approximate surface area is 242 Å². The largest absolute Gasteiger partial charge is 0.372 e. The van der Waals surface area contributed by atoms with E-state index in [0.717, 1.165) is 17.9 Å². The van der Waals surface area contributed by atoms with Crippen LogP contribution in [0.25, 0.3) is 11.6 Å². The van der Waals surface area contributed by atoms with Crippen LogP contribution >= 0.6 is 0 Å². The van der Waals surface area contributed by atoms with Crippen LogP contribution in [-0.2, 0) is 12.8 Å². The molecule has 0 amide bonds. The predicted octanol–water partition coefficient (Wildman–Crippen LogP) is 10.1. The van der Waals surface area contributed by atoms with Gasteiger partial charge in [0.05, 0.1) is 0 Å². The van der Waals surface area contributed by atoms with Crippen LogP contribution in [0.2, 0.25) is 0 Å². The molecule has 0 spiro atoms. The first-order valence-electron chi connectivity index (χ1n) is 14.7. The lowest BCUT2D eigenvalue weighted by Crippen LogP contribution is -2.33. The fraction of sp³-hybridized carbons (Fsp3) is 0.282. The third-order valence-corrected chi connectivity index (χ3v) is 7.99. The van der Waals surface area contributed by atoms with Crippen LogP contribution in [-0.4, -0.2) is 13.1 Å². The van der Waals surface area contributed by atoms with Crippen molar-refractivity contribution < 1.29 is 0 Å². The van der Waals surface area contributed by atoms with Crippen molar-refractivity contribution in [2.45, 2.75) is 52.9 Å². The number of hydrogen-bond donors (Lipinski definition) is 0. The topological polar surface area (TPSA) is 3.24 Å². The van der Waals surface area contributed by atoms with Crippen molar-refractivity contribution in [1.82, 2.24) is 0 Å². The Morgan fingerprint density at radius 3 is 2.05 bits per heavy atom. The molecule has 4 aromatic carbocycles. The number of rotatable bonds is 8. The Hall–Kier alpha value is -3.84. The average molecular weight is 528 g/mol. The molecule has 0 radical (unpaired) electrons. The Balaban J connectivity index is 0.000000201. The highest BCUT2D eigenvalue weighted by Crippen LogP contribution is 2.27. The predicted molar refractivity (Wildman–Crippen MR) is 176 cm³/mol. The SMILES string of the molecule is C=C(C)c1cccc(CCC2CCN(c3ccc(C)cc3)CC2)c1.C=Cc1cccc(Cc2ccc(C)cc2)c1. The van der Waals surface area contributed by atoms with Crippen molar-refractivity contribution in [3.05, 3.63) is 149 Å². The van der Waals surface area contributed by atoms with Gasteiger partial charge < -0.3 is 4.90 Å². The second kappa shape index (κ2) is 14.5. The second-order valence-electron chi connectivity index (χ2n) is 11.4. The van der Waals surface area contributed by atoms with Crippen molar-refractivity contribution in [1.29, 1.82) is 0 Å². The zero-order valence-electron chi connectivity index (χ0n) is 24.7. The second-order valence-corrected chi connectivity index (χ2v) is 11.4.